The normalized spacial score (nSPS) is 26.0. The van der Waals surface area contributed by atoms with E-state index in [1.807, 2.05) is 13.8 Å². The minimum Gasteiger partial charge on any atom is -0.477 e. The standard InChI is InChI=1S/C15H20N2O4S/c1-3-21-14-13(10(2)4-6-16-14)15(18)17-8-11-5-7-22(19,20)12(11)9-17/h4,6,11-12H,3,5,7-9H2,1-2H3/t11-,12+/m0/s1. The van der Waals surface area contributed by atoms with Crippen molar-refractivity contribution in [3.05, 3.63) is 23.4 Å². The number of aryl methyl sites for hydroxylation is 1. The zero-order valence-corrected chi connectivity index (χ0v) is 13.6. The number of fused-ring (bicyclic) bond motifs is 1. The molecule has 0 N–H and O–H groups in total. The lowest BCUT2D eigenvalue weighted by molar-refractivity contribution is 0.0780. The number of carbonyl (C=O) groups excluding carboxylic acids is 1. The smallest absolute Gasteiger partial charge is 0.259 e. The molecule has 1 aromatic heterocycles. The molecular formula is C15H20N2O4S. The van der Waals surface area contributed by atoms with Crippen LogP contribution < -0.4 is 4.74 Å². The van der Waals surface area contributed by atoms with Crippen molar-refractivity contribution in [2.45, 2.75) is 25.5 Å². The number of rotatable bonds is 3. The van der Waals surface area contributed by atoms with Crippen LogP contribution in [0.1, 0.15) is 29.3 Å². The first-order chi connectivity index (χ1) is 10.4. The van der Waals surface area contributed by atoms with Gasteiger partial charge in [-0.15, -0.1) is 0 Å². The van der Waals surface area contributed by atoms with E-state index in [1.54, 1.807) is 17.2 Å². The molecule has 22 heavy (non-hydrogen) atoms. The van der Waals surface area contributed by atoms with Gasteiger partial charge >= 0.3 is 0 Å². The van der Waals surface area contributed by atoms with Crippen molar-refractivity contribution < 1.29 is 17.9 Å². The summed E-state index contributed by atoms with van der Waals surface area (Å²) in [5.41, 5.74) is 1.24. The van der Waals surface area contributed by atoms with E-state index < -0.39 is 15.1 Å². The quantitative estimate of drug-likeness (QED) is 0.830. The van der Waals surface area contributed by atoms with E-state index in [0.29, 0.717) is 31.0 Å². The van der Waals surface area contributed by atoms with E-state index >= 15 is 0 Å². The van der Waals surface area contributed by atoms with E-state index in [1.165, 1.54) is 0 Å². The van der Waals surface area contributed by atoms with Crippen LogP contribution in [0.2, 0.25) is 0 Å². The summed E-state index contributed by atoms with van der Waals surface area (Å²) in [4.78, 5) is 18.6. The molecule has 3 heterocycles. The van der Waals surface area contributed by atoms with Gasteiger partial charge < -0.3 is 9.64 Å². The Hall–Kier alpha value is -1.63. The molecule has 2 fully saturated rings. The molecule has 0 aromatic carbocycles. The first kappa shape index (κ1) is 15.3. The number of aromatic nitrogens is 1. The zero-order chi connectivity index (χ0) is 15.9. The predicted octanol–water partition coefficient (Wildman–Crippen LogP) is 1.05. The number of ether oxygens (including phenoxy) is 1. The second-order valence-corrected chi connectivity index (χ2v) is 8.24. The summed E-state index contributed by atoms with van der Waals surface area (Å²) in [6.45, 7) is 4.89. The van der Waals surface area contributed by atoms with Crippen molar-refractivity contribution in [2.24, 2.45) is 5.92 Å². The number of hydrogen-bond acceptors (Lipinski definition) is 5. The Labute approximate surface area is 130 Å². The van der Waals surface area contributed by atoms with Crippen LogP contribution in [0, 0.1) is 12.8 Å². The molecule has 6 nitrogen and oxygen atoms in total. The number of carbonyl (C=O) groups is 1. The third-order valence-corrected chi connectivity index (χ3v) is 6.78. The summed E-state index contributed by atoms with van der Waals surface area (Å²) in [7, 11) is -3.04. The molecule has 2 atom stereocenters. The van der Waals surface area contributed by atoms with Crippen LogP contribution in [0.25, 0.3) is 0 Å². The fraction of sp³-hybridized carbons (Fsp3) is 0.600. The summed E-state index contributed by atoms with van der Waals surface area (Å²) in [5.74, 6) is 0.466. The van der Waals surface area contributed by atoms with Crippen LogP contribution in [0.4, 0.5) is 0 Å². The van der Waals surface area contributed by atoms with Crippen LogP contribution in [0.15, 0.2) is 12.3 Å². The molecule has 0 unspecified atom stereocenters. The van der Waals surface area contributed by atoms with Crippen LogP contribution in [-0.4, -0.2) is 54.9 Å². The molecule has 0 bridgehead atoms. The molecule has 1 aromatic rings. The van der Waals surface area contributed by atoms with Crippen molar-refractivity contribution >= 4 is 15.7 Å². The SMILES string of the molecule is CCOc1nccc(C)c1C(=O)N1C[C@@H]2CCS(=O)(=O)[C@@H]2C1. The van der Waals surface area contributed by atoms with Crippen molar-refractivity contribution in [3.8, 4) is 5.88 Å². The average molecular weight is 324 g/mol. The fourth-order valence-electron chi connectivity index (χ4n) is 3.36. The Bertz CT molecular complexity index is 701. The van der Waals surface area contributed by atoms with Gasteiger partial charge in [-0.1, -0.05) is 0 Å². The predicted molar refractivity (Wildman–Crippen MR) is 81.7 cm³/mol. The summed E-state index contributed by atoms with van der Waals surface area (Å²) in [6, 6.07) is 1.77. The number of pyridine rings is 1. The lowest BCUT2D eigenvalue weighted by atomic mass is 10.1. The Morgan fingerprint density at radius 1 is 1.45 bits per heavy atom. The van der Waals surface area contributed by atoms with Crippen LogP contribution >= 0.6 is 0 Å². The van der Waals surface area contributed by atoms with Crippen molar-refractivity contribution in [3.63, 3.8) is 0 Å². The van der Waals surface area contributed by atoms with Gasteiger partial charge in [0, 0.05) is 19.3 Å². The molecule has 2 saturated heterocycles. The molecule has 0 radical (unpaired) electrons. The third-order valence-electron chi connectivity index (χ3n) is 4.52. The molecule has 0 aliphatic carbocycles. The van der Waals surface area contributed by atoms with E-state index in [2.05, 4.69) is 4.98 Å². The number of hydrogen-bond donors (Lipinski definition) is 0. The summed E-state index contributed by atoms with van der Waals surface area (Å²) in [6.07, 6.45) is 2.27. The maximum atomic E-state index is 12.8. The number of sulfone groups is 1. The van der Waals surface area contributed by atoms with E-state index in [4.69, 9.17) is 4.74 Å². The molecule has 2 aliphatic heterocycles. The van der Waals surface area contributed by atoms with Gasteiger partial charge in [0.1, 0.15) is 5.56 Å². The topological polar surface area (TPSA) is 76.6 Å². The number of amides is 1. The molecule has 3 rings (SSSR count). The minimum atomic E-state index is -3.04. The highest BCUT2D eigenvalue weighted by atomic mass is 32.2. The van der Waals surface area contributed by atoms with E-state index in [0.717, 1.165) is 5.56 Å². The van der Waals surface area contributed by atoms with Gasteiger partial charge in [0.15, 0.2) is 9.84 Å². The molecule has 7 heteroatoms. The molecule has 2 aliphatic rings. The lowest BCUT2D eigenvalue weighted by Crippen LogP contribution is -2.33. The fourth-order valence-corrected chi connectivity index (χ4v) is 5.51. The number of likely N-dealkylation sites (tertiary alicyclic amines) is 1. The summed E-state index contributed by atoms with van der Waals surface area (Å²) >= 11 is 0. The van der Waals surface area contributed by atoms with Crippen molar-refractivity contribution in [1.29, 1.82) is 0 Å². The third kappa shape index (κ3) is 2.47. The van der Waals surface area contributed by atoms with E-state index in [9.17, 15) is 13.2 Å². The van der Waals surface area contributed by atoms with Crippen LogP contribution in [0.3, 0.4) is 0 Å². The van der Waals surface area contributed by atoms with Crippen molar-refractivity contribution in [1.82, 2.24) is 9.88 Å². The number of nitrogens with zero attached hydrogens (tertiary/aromatic N) is 2. The summed E-state index contributed by atoms with van der Waals surface area (Å²) in [5, 5.41) is -0.399. The van der Waals surface area contributed by atoms with Crippen LogP contribution in [-0.2, 0) is 9.84 Å². The second kappa shape index (κ2) is 5.53. The largest absolute Gasteiger partial charge is 0.477 e. The maximum absolute atomic E-state index is 12.8. The molecule has 1 amide bonds. The maximum Gasteiger partial charge on any atom is 0.259 e. The van der Waals surface area contributed by atoms with Gasteiger partial charge in [-0.25, -0.2) is 13.4 Å². The molecule has 120 valence electrons. The lowest BCUT2D eigenvalue weighted by Gasteiger charge is -2.20. The zero-order valence-electron chi connectivity index (χ0n) is 12.8. The van der Waals surface area contributed by atoms with Crippen LogP contribution in [0.5, 0.6) is 5.88 Å². The van der Waals surface area contributed by atoms with E-state index in [-0.39, 0.29) is 24.1 Å². The van der Waals surface area contributed by atoms with Gasteiger partial charge in [0.05, 0.1) is 17.6 Å². The molecular weight excluding hydrogens is 304 g/mol. The Morgan fingerprint density at radius 2 is 2.23 bits per heavy atom. The Morgan fingerprint density at radius 3 is 2.91 bits per heavy atom. The minimum absolute atomic E-state index is 0.0708. The second-order valence-electron chi connectivity index (χ2n) is 5.91. The van der Waals surface area contributed by atoms with Gasteiger partial charge in [-0.2, -0.15) is 0 Å². The van der Waals surface area contributed by atoms with Gasteiger partial charge in [0.25, 0.3) is 5.91 Å². The highest BCUT2D eigenvalue weighted by molar-refractivity contribution is 7.92. The monoisotopic (exact) mass is 324 g/mol. The van der Waals surface area contributed by atoms with Gasteiger partial charge in [-0.3, -0.25) is 4.79 Å². The Balaban J connectivity index is 1.87. The van der Waals surface area contributed by atoms with Crippen molar-refractivity contribution in [2.75, 3.05) is 25.4 Å². The first-order valence-corrected chi connectivity index (χ1v) is 9.25. The highest BCUT2D eigenvalue weighted by Gasteiger charge is 2.47. The average Bonchev–Trinajstić information content (AvgIpc) is 3.00. The first-order valence-electron chi connectivity index (χ1n) is 7.53. The Kier molecular flexibility index (Phi) is 3.84. The van der Waals surface area contributed by atoms with Gasteiger partial charge in [-0.05, 0) is 37.8 Å². The summed E-state index contributed by atoms with van der Waals surface area (Å²) < 4.78 is 29.5. The highest BCUT2D eigenvalue weighted by Crippen LogP contribution is 2.35. The molecule has 0 spiro atoms. The molecule has 0 saturated carbocycles. The van der Waals surface area contributed by atoms with Gasteiger partial charge in [0.2, 0.25) is 5.88 Å².